The van der Waals surface area contributed by atoms with Gasteiger partial charge >= 0.3 is 245 Å². The number of fused-ring (bicyclic) bond motifs is 3. The van der Waals surface area contributed by atoms with Crippen LogP contribution in [0, 0.1) is 0 Å². The second-order valence-corrected chi connectivity index (χ2v) is 22.2. The van der Waals surface area contributed by atoms with E-state index in [1.165, 1.54) is 100 Å². The summed E-state index contributed by atoms with van der Waals surface area (Å²) in [5.41, 5.74) is 0. The van der Waals surface area contributed by atoms with Crippen molar-refractivity contribution in [1.82, 2.24) is 0 Å². The van der Waals surface area contributed by atoms with Crippen LogP contribution in [0.25, 0.3) is 9.75 Å². The van der Waals surface area contributed by atoms with Crippen LogP contribution in [0.15, 0.2) is 47.2 Å². The Balaban J connectivity index is 1.48. The molecule has 0 spiro atoms. The first-order valence-electron chi connectivity index (χ1n) is 13.9. The van der Waals surface area contributed by atoms with E-state index in [4.69, 9.17) is 0 Å². The van der Waals surface area contributed by atoms with E-state index in [2.05, 4.69) is 79.1 Å². The summed E-state index contributed by atoms with van der Waals surface area (Å²) in [6.07, 6.45) is 28.5. The molecule has 0 amide bonds. The fraction of sp³-hybridized carbons (Fsp3) is 0.600. The zero-order valence-electron chi connectivity index (χ0n) is 21.4. The van der Waals surface area contributed by atoms with Gasteiger partial charge in [0.15, 0.2) is 0 Å². The van der Waals surface area contributed by atoms with Crippen molar-refractivity contribution < 1.29 is 0 Å². The summed E-state index contributed by atoms with van der Waals surface area (Å²) >= 11 is 8.82. The van der Waals surface area contributed by atoms with E-state index < -0.39 is 13.3 Å². The maximum atomic E-state index is 3.53. The van der Waals surface area contributed by atoms with Gasteiger partial charge in [0.05, 0.1) is 0 Å². The third-order valence-corrected chi connectivity index (χ3v) is 22.4. The van der Waals surface area contributed by atoms with E-state index in [0.717, 1.165) is 10.7 Å². The first-order valence-corrected chi connectivity index (χ1v) is 23.0. The molecule has 0 fully saturated rings. The molecule has 0 bridgehead atoms. The van der Waals surface area contributed by atoms with Gasteiger partial charge in [-0.25, -0.2) is 0 Å². The first kappa shape index (κ1) is 29.9. The number of halogens is 2. The molecule has 5 heteroatoms. The van der Waals surface area contributed by atoms with Crippen molar-refractivity contribution in [3.05, 3.63) is 47.2 Å². The van der Waals surface area contributed by atoms with Gasteiger partial charge in [-0.05, 0) is 0 Å². The third-order valence-electron chi connectivity index (χ3n) is 7.36. The minimum absolute atomic E-state index is 1.15. The van der Waals surface area contributed by atoms with Crippen LogP contribution < -0.4 is 8.79 Å². The number of hydrogen-bond acceptors (Lipinski definition) is 2. The molecule has 3 rings (SSSR count). The molecule has 0 nitrogen and oxygen atoms in total. The number of allylic oxidation sites excluding steroid dienone is 4. The Kier molecular flexibility index (Phi) is 15.2. The Morgan fingerprint density at radius 1 is 0.543 bits per heavy atom. The van der Waals surface area contributed by atoms with Gasteiger partial charge in [0.25, 0.3) is 0 Å². The fourth-order valence-electron chi connectivity index (χ4n) is 5.47. The van der Waals surface area contributed by atoms with Crippen LogP contribution in [0.3, 0.4) is 0 Å². The van der Waals surface area contributed by atoms with Gasteiger partial charge in [-0.3, -0.25) is 0 Å². The van der Waals surface area contributed by atoms with Crippen molar-refractivity contribution >= 4 is 76.6 Å². The van der Waals surface area contributed by atoms with Gasteiger partial charge in [-0.15, -0.1) is 0 Å². The van der Waals surface area contributed by atoms with Gasteiger partial charge in [0, 0.05) is 0 Å². The monoisotopic (exact) mass is 700 g/mol. The van der Waals surface area contributed by atoms with Crippen LogP contribution in [-0.2, 0) is 0 Å². The summed E-state index contributed by atoms with van der Waals surface area (Å²) in [5.74, 6) is 0. The Morgan fingerprint density at radius 3 is 1.37 bits per heavy atom. The summed E-state index contributed by atoms with van der Waals surface area (Å²) in [6.45, 7) is 0. The quantitative estimate of drug-likeness (QED) is 0.0558. The van der Waals surface area contributed by atoms with E-state index in [-0.39, 0.29) is 0 Å². The van der Waals surface area contributed by atoms with Gasteiger partial charge in [0.1, 0.15) is 0 Å². The van der Waals surface area contributed by atoms with Crippen LogP contribution in [0.5, 0.6) is 0 Å². The topological polar surface area (TPSA) is 0 Å². The minimum atomic E-state index is -2.25. The summed E-state index contributed by atoms with van der Waals surface area (Å²) in [4.78, 5) is 3.29. The molecule has 0 N–H and O–H groups in total. The Hall–Kier alpha value is 0.383. The molecule has 1 aliphatic rings. The van der Waals surface area contributed by atoms with E-state index in [0.29, 0.717) is 0 Å². The number of thiophene rings is 2. The average Bonchev–Trinajstić information content (AvgIpc) is 3.59. The van der Waals surface area contributed by atoms with Gasteiger partial charge in [-0.2, -0.15) is 0 Å². The van der Waals surface area contributed by atoms with Crippen LogP contribution in [0.2, 0.25) is 10.5 Å². The van der Waals surface area contributed by atoms with Crippen molar-refractivity contribution in [3.63, 3.8) is 0 Å². The molecule has 2 aromatic heterocycles. The molecule has 35 heavy (non-hydrogen) atoms. The Bertz CT molecular complexity index is 810. The molecule has 0 aliphatic carbocycles. The number of alkyl halides is 2. The zero-order chi connectivity index (χ0) is 24.6. The van der Waals surface area contributed by atoms with Crippen molar-refractivity contribution in [1.29, 1.82) is 0 Å². The maximum absolute atomic E-state index is 3.53. The van der Waals surface area contributed by atoms with Crippen molar-refractivity contribution in [2.45, 2.75) is 100 Å². The Morgan fingerprint density at radius 2 is 0.943 bits per heavy atom. The van der Waals surface area contributed by atoms with Crippen molar-refractivity contribution in [3.8, 4) is 9.75 Å². The van der Waals surface area contributed by atoms with E-state index in [1.54, 1.807) is 9.75 Å². The predicted molar refractivity (Wildman–Crippen MR) is 173 cm³/mol. The molecule has 0 saturated carbocycles. The van der Waals surface area contributed by atoms with Gasteiger partial charge < -0.3 is 0 Å². The van der Waals surface area contributed by atoms with Crippen LogP contribution in [-0.4, -0.2) is 23.9 Å². The second kappa shape index (κ2) is 17.8. The molecular weight excluding hydrogens is 657 g/mol. The third kappa shape index (κ3) is 9.26. The molecule has 0 aromatic carbocycles. The fourth-order valence-corrected chi connectivity index (χ4v) is 22.5. The molecule has 194 valence electrons. The molecule has 1 aliphatic heterocycles. The Labute approximate surface area is 242 Å². The van der Waals surface area contributed by atoms with E-state index >= 15 is 0 Å². The molecule has 2 aromatic rings. The van der Waals surface area contributed by atoms with Crippen LogP contribution in [0.4, 0.5) is 0 Å². The van der Waals surface area contributed by atoms with Crippen molar-refractivity contribution in [2.75, 3.05) is 10.7 Å². The SMILES string of the molecule is BrCCCCCC/C=C/CC[CH2][Ge]1([CH2]CC/C=C/CCCCCCBr)[c]2ccsc2-c2scc[c]21. The molecule has 3 heterocycles. The predicted octanol–water partition coefficient (Wildman–Crippen LogP) is 10.7. The molecule has 0 unspecified atom stereocenters. The molecular formula is C30H44Br2GeS2. The number of unbranched alkanes of at least 4 members (excludes halogenated alkanes) is 10. The second-order valence-electron chi connectivity index (χ2n) is 9.92. The van der Waals surface area contributed by atoms with E-state index in [9.17, 15) is 0 Å². The van der Waals surface area contributed by atoms with Crippen molar-refractivity contribution in [2.24, 2.45) is 0 Å². The van der Waals surface area contributed by atoms with E-state index in [1.807, 2.05) is 31.5 Å². The van der Waals surface area contributed by atoms with Crippen LogP contribution >= 0.6 is 54.5 Å². The number of rotatable bonds is 20. The summed E-state index contributed by atoms with van der Waals surface area (Å²) in [5, 5.41) is 10.0. The average molecular weight is 701 g/mol. The summed E-state index contributed by atoms with van der Waals surface area (Å²) in [7, 11) is 0. The number of hydrogen-bond donors (Lipinski definition) is 0. The molecule has 0 atom stereocenters. The molecule has 0 radical (unpaired) electrons. The standard InChI is InChI=1S/C30H44Br2GeS2/c31-21-15-11-7-3-1-5-9-13-17-23-33(24-18-14-10-6-2-4-8-12-16-22-32)27-19-25-34-29(27)30-28(33)20-26-35-30/h5-6,9-10,19-20,25-26H,1-4,7-8,11-18,21-24H2/b9-5+,10-6+. The van der Waals surface area contributed by atoms with Gasteiger partial charge in [-0.1, -0.05) is 0 Å². The first-order chi connectivity index (χ1) is 17.3. The van der Waals surface area contributed by atoms with Gasteiger partial charge in [0.2, 0.25) is 0 Å². The van der Waals surface area contributed by atoms with Crippen LogP contribution in [0.1, 0.15) is 89.9 Å². The summed E-state index contributed by atoms with van der Waals surface area (Å²) in [6, 6.07) is 5.05. The zero-order valence-corrected chi connectivity index (χ0v) is 28.3. The molecule has 0 saturated heterocycles. The summed E-state index contributed by atoms with van der Waals surface area (Å²) < 4.78 is 3.65. The normalized spacial score (nSPS) is 14.3.